The van der Waals surface area contributed by atoms with Crippen LogP contribution in [0.25, 0.3) is 5.57 Å². The second-order valence-electron chi connectivity index (χ2n) is 10.7. The molecule has 2 heterocycles. The Morgan fingerprint density at radius 3 is 1.93 bits per heavy atom. The van der Waals surface area contributed by atoms with Gasteiger partial charge in [-0.05, 0) is 108 Å². The van der Waals surface area contributed by atoms with Crippen LogP contribution >= 0.6 is 0 Å². The summed E-state index contributed by atoms with van der Waals surface area (Å²) < 4.78 is 2.51. The average Bonchev–Trinajstić information content (AvgIpc) is 3.39. The fourth-order valence-electron chi connectivity index (χ4n) is 5.97. The highest BCUT2D eigenvalue weighted by atomic mass is 14.9. The van der Waals surface area contributed by atoms with E-state index in [0.717, 1.165) is 36.1 Å². The molecule has 4 rings (SSSR count). The predicted octanol–water partition coefficient (Wildman–Crippen LogP) is 9.45. The first kappa shape index (κ1) is 31.0. The van der Waals surface area contributed by atoms with Crippen LogP contribution in [-0.4, -0.2) is 17.0 Å². The maximum absolute atomic E-state index is 5.07. The molecule has 0 saturated carbocycles. The summed E-state index contributed by atoms with van der Waals surface area (Å²) in [7, 11) is 0. The van der Waals surface area contributed by atoms with Crippen LogP contribution in [-0.2, 0) is 12.7 Å². The zero-order valence-electron chi connectivity index (χ0n) is 26.7. The SMILES string of the molecule is CC.CCC1=C(C)/C(=C(\C)c2c(C)c(CC)c(C)n2B(C#Cc2ccc(C)cc2)Cc2ccc(C)cc2)N=C1C. The Morgan fingerprint density at radius 1 is 0.825 bits per heavy atom. The molecule has 2 aromatic carbocycles. The van der Waals surface area contributed by atoms with Gasteiger partial charge in [-0.25, -0.2) is 0 Å². The molecule has 3 heteroatoms. The lowest BCUT2D eigenvalue weighted by atomic mass is 9.57. The van der Waals surface area contributed by atoms with Crippen molar-refractivity contribution >= 4 is 18.1 Å². The number of hydrogen-bond acceptors (Lipinski definition) is 1. The minimum Gasteiger partial charge on any atom is -0.377 e. The van der Waals surface area contributed by atoms with Gasteiger partial charge in [0.1, 0.15) is 0 Å². The van der Waals surface area contributed by atoms with E-state index in [1.807, 2.05) is 13.8 Å². The van der Waals surface area contributed by atoms with Crippen molar-refractivity contribution in [2.45, 2.75) is 95.3 Å². The Kier molecular flexibility index (Phi) is 10.6. The molecular formula is C37H47BN2. The fourth-order valence-corrected chi connectivity index (χ4v) is 5.97. The third-order valence-electron chi connectivity index (χ3n) is 8.08. The topological polar surface area (TPSA) is 17.3 Å². The summed E-state index contributed by atoms with van der Waals surface area (Å²) in [6.07, 6.45) is 2.86. The van der Waals surface area contributed by atoms with Crippen LogP contribution < -0.4 is 0 Å². The Morgan fingerprint density at radius 2 is 1.40 bits per heavy atom. The van der Waals surface area contributed by atoms with E-state index in [9.17, 15) is 0 Å². The molecule has 0 radical (unpaired) electrons. The third kappa shape index (κ3) is 6.44. The molecule has 2 nitrogen and oxygen atoms in total. The van der Waals surface area contributed by atoms with Crippen molar-refractivity contribution in [3.05, 3.63) is 110 Å². The number of allylic oxidation sites excluding steroid dienone is 3. The summed E-state index contributed by atoms with van der Waals surface area (Å²) >= 11 is 0. The Bertz CT molecular complexity index is 1500. The highest BCUT2D eigenvalue weighted by molar-refractivity contribution is 6.66. The second-order valence-corrected chi connectivity index (χ2v) is 10.7. The first-order valence-corrected chi connectivity index (χ1v) is 15.0. The summed E-state index contributed by atoms with van der Waals surface area (Å²) in [5.41, 5.74) is 16.5. The number of rotatable bonds is 6. The maximum Gasteiger partial charge on any atom is 0.351 e. The van der Waals surface area contributed by atoms with Crippen molar-refractivity contribution in [2.24, 2.45) is 4.99 Å². The van der Waals surface area contributed by atoms with Crippen molar-refractivity contribution in [3.8, 4) is 11.7 Å². The zero-order valence-corrected chi connectivity index (χ0v) is 26.7. The quantitative estimate of drug-likeness (QED) is 0.223. The minimum absolute atomic E-state index is 0.00460. The van der Waals surface area contributed by atoms with Crippen molar-refractivity contribution in [2.75, 3.05) is 0 Å². The van der Waals surface area contributed by atoms with E-state index in [1.54, 1.807) is 0 Å². The van der Waals surface area contributed by atoms with E-state index in [2.05, 4.69) is 127 Å². The molecule has 208 valence electrons. The smallest absolute Gasteiger partial charge is 0.351 e. The summed E-state index contributed by atoms with van der Waals surface area (Å²) in [5.74, 6) is 7.23. The highest BCUT2D eigenvalue weighted by Crippen LogP contribution is 2.37. The van der Waals surface area contributed by atoms with E-state index >= 15 is 0 Å². The van der Waals surface area contributed by atoms with Gasteiger partial charge < -0.3 is 4.48 Å². The Hall–Kier alpha value is -3.51. The van der Waals surface area contributed by atoms with Gasteiger partial charge in [-0.3, -0.25) is 4.99 Å². The van der Waals surface area contributed by atoms with Gasteiger partial charge in [0.05, 0.1) is 5.70 Å². The molecule has 0 atom stereocenters. The standard InChI is InChI=1S/C35H41BN2.C2H6/c1-10-32-25(5)34(37-28(32)8)27(7)35-26(6)33(11-2)29(9)38(35)36(22-31-18-14-24(4)15-19-31)21-20-30-16-12-23(3)13-17-30;1-2/h12-19H,10-11,22H2,1-9H3;1-2H3/b34-27-;. The highest BCUT2D eigenvalue weighted by Gasteiger charge is 2.28. The Labute approximate surface area is 244 Å². The van der Waals surface area contributed by atoms with E-state index in [-0.39, 0.29) is 6.85 Å². The number of benzene rings is 2. The lowest BCUT2D eigenvalue weighted by Crippen LogP contribution is -2.29. The molecule has 40 heavy (non-hydrogen) atoms. The van der Waals surface area contributed by atoms with Gasteiger partial charge in [0.25, 0.3) is 0 Å². The van der Waals surface area contributed by atoms with E-state index < -0.39 is 0 Å². The minimum atomic E-state index is 0.00460. The van der Waals surface area contributed by atoms with Crippen molar-refractivity contribution in [3.63, 3.8) is 0 Å². The first-order valence-electron chi connectivity index (χ1n) is 15.0. The zero-order chi connectivity index (χ0) is 29.6. The number of aryl methyl sites for hydroxylation is 2. The van der Waals surface area contributed by atoms with Crippen molar-refractivity contribution < 1.29 is 0 Å². The molecule has 1 aromatic heterocycles. The van der Waals surface area contributed by atoms with Crippen LogP contribution in [0, 0.1) is 39.4 Å². The van der Waals surface area contributed by atoms with Crippen LogP contribution in [0.1, 0.15) is 99.7 Å². The third-order valence-corrected chi connectivity index (χ3v) is 8.08. The van der Waals surface area contributed by atoms with Gasteiger partial charge in [0, 0.05) is 22.7 Å². The first-order chi connectivity index (χ1) is 19.2. The Balaban J connectivity index is 0.00000216. The molecule has 0 aliphatic carbocycles. The number of nitrogens with zero attached hydrogens (tertiary/aromatic N) is 2. The van der Waals surface area contributed by atoms with Crippen molar-refractivity contribution in [1.29, 1.82) is 0 Å². The van der Waals surface area contributed by atoms with Gasteiger partial charge in [0.2, 0.25) is 0 Å². The molecule has 0 spiro atoms. The molecule has 3 aromatic rings. The predicted molar refractivity (Wildman–Crippen MR) is 177 cm³/mol. The lowest BCUT2D eigenvalue weighted by molar-refractivity contribution is 1.03. The summed E-state index contributed by atoms with van der Waals surface area (Å²) in [6.45, 7) is 23.9. The number of hydrogen-bond donors (Lipinski definition) is 0. The fraction of sp³-hybridized carbons (Fsp3) is 0.378. The van der Waals surface area contributed by atoms with E-state index in [4.69, 9.17) is 4.99 Å². The van der Waals surface area contributed by atoms with Gasteiger partial charge >= 0.3 is 6.85 Å². The molecular weight excluding hydrogens is 483 g/mol. The second kappa shape index (κ2) is 13.7. The largest absolute Gasteiger partial charge is 0.377 e. The van der Waals surface area contributed by atoms with Gasteiger partial charge in [0.15, 0.2) is 0 Å². The molecule has 0 fully saturated rings. The van der Waals surface area contributed by atoms with Crippen LogP contribution in [0.5, 0.6) is 0 Å². The summed E-state index contributed by atoms with van der Waals surface area (Å²) in [4.78, 5) is 5.07. The molecule has 0 bridgehead atoms. The van der Waals surface area contributed by atoms with E-state index in [0.29, 0.717) is 0 Å². The number of aromatic nitrogens is 1. The molecule has 0 saturated heterocycles. The summed E-state index contributed by atoms with van der Waals surface area (Å²) in [6, 6.07) is 17.4. The van der Waals surface area contributed by atoms with Gasteiger partial charge in [-0.2, -0.15) is 0 Å². The van der Waals surface area contributed by atoms with Crippen LogP contribution in [0.2, 0.25) is 0 Å². The molecule has 1 aliphatic heterocycles. The molecule has 0 amide bonds. The van der Waals surface area contributed by atoms with Crippen LogP contribution in [0.4, 0.5) is 0 Å². The van der Waals surface area contributed by atoms with Gasteiger partial charge in [-0.1, -0.05) is 86.7 Å². The molecule has 1 aliphatic rings. The monoisotopic (exact) mass is 530 g/mol. The van der Waals surface area contributed by atoms with Crippen LogP contribution in [0.15, 0.2) is 70.4 Å². The lowest BCUT2D eigenvalue weighted by Gasteiger charge is -2.19. The molecule has 0 unspecified atom stereocenters. The number of aliphatic imine (C=N–C) groups is 1. The summed E-state index contributed by atoms with van der Waals surface area (Å²) in [5, 5.41) is 0. The maximum atomic E-state index is 5.07. The average molecular weight is 531 g/mol. The normalized spacial score (nSPS) is 13.8. The van der Waals surface area contributed by atoms with E-state index in [1.165, 1.54) is 55.9 Å². The van der Waals surface area contributed by atoms with Crippen molar-refractivity contribution in [1.82, 2.24) is 4.48 Å². The molecule has 0 N–H and O–H groups in total. The van der Waals surface area contributed by atoms with Crippen LogP contribution in [0.3, 0.4) is 0 Å². The van der Waals surface area contributed by atoms with Gasteiger partial charge in [-0.15, -0.1) is 5.82 Å².